The Hall–Kier alpha value is -2.36. The number of nitro benzene ring substituents is 1. The topological polar surface area (TPSA) is 43.1 Å². The molecule has 0 aliphatic heterocycles. The molecule has 0 bridgehead atoms. The van der Waals surface area contributed by atoms with E-state index in [9.17, 15) is 10.1 Å². The third-order valence-corrected chi connectivity index (χ3v) is 3.13. The summed E-state index contributed by atoms with van der Waals surface area (Å²) in [6.07, 6.45) is 0. The molecule has 3 aromatic rings. The number of hydrogen-bond acceptors (Lipinski definition) is 2. The Labute approximate surface area is 105 Å². The van der Waals surface area contributed by atoms with Crippen molar-refractivity contribution in [1.29, 1.82) is 0 Å². The van der Waals surface area contributed by atoms with Gasteiger partial charge in [-0.25, -0.2) is 0 Å². The summed E-state index contributed by atoms with van der Waals surface area (Å²) in [7, 11) is 5.94. The molecule has 0 heterocycles. The number of nitrogens with zero attached hydrogens (tertiary/aromatic N) is 1. The summed E-state index contributed by atoms with van der Waals surface area (Å²) < 4.78 is 0. The molecular formula is C14H8BNO2. The highest BCUT2D eigenvalue weighted by Crippen LogP contribution is 2.30. The van der Waals surface area contributed by atoms with E-state index >= 15 is 0 Å². The van der Waals surface area contributed by atoms with Gasteiger partial charge in [0.15, 0.2) is 0 Å². The van der Waals surface area contributed by atoms with Crippen LogP contribution in [-0.4, -0.2) is 12.8 Å². The van der Waals surface area contributed by atoms with Crippen LogP contribution in [0.3, 0.4) is 0 Å². The molecule has 18 heavy (non-hydrogen) atoms. The standard InChI is InChI=1S/C14H8BNO2/c15-13-11-7-3-1-5-9(11)10-6-2-4-8-12(10)14(13)16(17)18/h1-8H. The van der Waals surface area contributed by atoms with Crippen LogP contribution in [0, 0.1) is 10.1 Å². The molecule has 3 rings (SSSR count). The summed E-state index contributed by atoms with van der Waals surface area (Å²) in [5.74, 6) is 0. The Balaban J connectivity index is 2.66. The van der Waals surface area contributed by atoms with Gasteiger partial charge in [-0.3, -0.25) is 10.1 Å². The van der Waals surface area contributed by atoms with E-state index in [2.05, 4.69) is 0 Å². The molecule has 0 aromatic heterocycles. The van der Waals surface area contributed by atoms with E-state index in [0.29, 0.717) is 5.39 Å². The number of nitro groups is 1. The first-order chi connectivity index (χ1) is 8.70. The molecule has 0 saturated heterocycles. The maximum absolute atomic E-state index is 11.2. The average Bonchev–Trinajstić information content (AvgIpc) is 2.39. The molecule has 0 aliphatic carbocycles. The van der Waals surface area contributed by atoms with Crippen LogP contribution in [0.15, 0.2) is 48.5 Å². The highest BCUT2D eigenvalue weighted by molar-refractivity contribution is 6.44. The lowest BCUT2D eigenvalue weighted by Crippen LogP contribution is -2.11. The van der Waals surface area contributed by atoms with Gasteiger partial charge in [0, 0.05) is 0 Å². The number of benzene rings is 3. The van der Waals surface area contributed by atoms with Crippen LogP contribution in [0.2, 0.25) is 0 Å². The Morgan fingerprint density at radius 3 is 1.83 bits per heavy atom. The van der Waals surface area contributed by atoms with Crippen molar-refractivity contribution >= 4 is 40.5 Å². The number of rotatable bonds is 1. The van der Waals surface area contributed by atoms with Crippen molar-refractivity contribution in [3.05, 3.63) is 58.6 Å². The monoisotopic (exact) mass is 233 g/mol. The van der Waals surface area contributed by atoms with Gasteiger partial charge in [0.1, 0.15) is 7.85 Å². The summed E-state index contributed by atoms with van der Waals surface area (Å²) in [6, 6.07) is 14.7. The summed E-state index contributed by atoms with van der Waals surface area (Å²) in [5.41, 5.74) is 0.221. The van der Waals surface area contributed by atoms with E-state index in [-0.39, 0.29) is 11.2 Å². The first-order valence-corrected chi connectivity index (χ1v) is 5.53. The largest absolute Gasteiger partial charge is 0.270 e. The summed E-state index contributed by atoms with van der Waals surface area (Å²) in [6.45, 7) is 0. The summed E-state index contributed by atoms with van der Waals surface area (Å²) in [4.78, 5) is 10.8. The maximum Gasteiger partial charge on any atom is 0.270 e. The fraction of sp³-hybridized carbons (Fsp3) is 0. The second kappa shape index (κ2) is 3.84. The van der Waals surface area contributed by atoms with Crippen LogP contribution in [0.5, 0.6) is 0 Å². The minimum Gasteiger partial charge on any atom is -0.258 e. The highest BCUT2D eigenvalue weighted by atomic mass is 16.6. The van der Waals surface area contributed by atoms with Gasteiger partial charge in [-0.2, -0.15) is 0 Å². The second-order valence-electron chi connectivity index (χ2n) is 4.11. The van der Waals surface area contributed by atoms with E-state index in [0.717, 1.165) is 16.2 Å². The van der Waals surface area contributed by atoms with E-state index < -0.39 is 4.92 Å². The van der Waals surface area contributed by atoms with Crippen molar-refractivity contribution in [1.82, 2.24) is 0 Å². The minimum absolute atomic E-state index is 0.00991. The molecule has 0 saturated carbocycles. The number of hydrogen-bond donors (Lipinski definition) is 0. The van der Waals surface area contributed by atoms with E-state index in [1.54, 1.807) is 12.1 Å². The van der Waals surface area contributed by atoms with Crippen LogP contribution in [0.4, 0.5) is 5.69 Å². The van der Waals surface area contributed by atoms with Gasteiger partial charge in [-0.05, 0) is 27.7 Å². The van der Waals surface area contributed by atoms with E-state index in [1.807, 2.05) is 36.4 Å². The first kappa shape index (κ1) is 10.8. The third kappa shape index (κ3) is 1.39. The Bertz CT molecular complexity index is 783. The molecule has 2 radical (unpaired) electrons. The molecule has 3 aromatic carbocycles. The Morgan fingerprint density at radius 2 is 1.28 bits per heavy atom. The van der Waals surface area contributed by atoms with Crippen LogP contribution in [-0.2, 0) is 0 Å². The van der Waals surface area contributed by atoms with Crippen molar-refractivity contribution in [3.63, 3.8) is 0 Å². The van der Waals surface area contributed by atoms with Crippen molar-refractivity contribution in [2.75, 3.05) is 0 Å². The molecule has 0 fully saturated rings. The molecule has 0 aliphatic rings. The second-order valence-corrected chi connectivity index (χ2v) is 4.11. The van der Waals surface area contributed by atoms with Gasteiger partial charge in [0.05, 0.1) is 10.3 Å². The fourth-order valence-corrected chi connectivity index (χ4v) is 2.35. The van der Waals surface area contributed by atoms with Gasteiger partial charge in [0.2, 0.25) is 0 Å². The van der Waals surface area contributed by atoms with E-state index in [1.165, 1.54) is 0 Å². The predicted molar refractivity (Wildman–Crippen MR) is 73.5 cm³/mol. The lowest BCUT2D eigenvalue weighted by atomic mass is 9.85. The molecular weight excluding hydrogens is 225 g/mol. The van der Waals surface area contributed by atoms with Crippen molar-refractivity contribution in [3.8, 4) is 0 Å². The Kier molecular flexibility index (Phi) is 2.30. The van der Waals surface area contributed by atoms with E-state index in [4.69, 9.17) is 7.85 Å². The Morgan fingerprint density at radius 1 is 0.833 bits per heavy atom. The molecule has 0 spiro atoms. The maximum atomic E-state index is 11.2. The van der Waals surface area contributed by atoms with Gasteiger partial charge in [-0.1, -0.05) is 42.5 Å². The molecule has 0 N–H and O–H groups in total. The van der Waals surface area contributed by atoms with Gasteiger partial charge < -0.3 is 0 Å². The molecule has 3 nitrogen and oxygen atoms in total. The fourth-order valence-electron chi connectivity index (χ4n) is 2.35. The predicted octanol–water partition coefficient (Wildman–Crippen LogP) is 2.70. The molecule has 0 atom stereocenters. The summed E-state index contributed by atoms with van der Waals surface area (Å²) >= 11 is 0. The smallest absolute Gasteiger partial charge is 0.258 e. The average molecular weight is 233 g/mol. The van der Waals surface area contributed by atoms with Crippen molar-refractivity contribution in [2.45, 2.75) is 0 Å². The van der Waals surface area contributed by atoms with Crippen molar-refractivity contribution < 1.29 is 4.92 Å². The van der Waals surface area contributed by atoms with Gasteiger partial charge >= 0.3 is 0 Å². The van der Waals surface area contributed by atoms with Crippen LogP contribution >= 0.6 is 0 Å². The molecule has 0 unspecified atom stereocenters. The lowest BCUT2D eigenvalue weighted by Gasteiger charge is -2.09. The van der Waals surface area contributed by atoms with Crippen LogP contribution < -0.4 is 5.46 Å². The zero-order chi connectivity index (χ0) is 12.7. The normalized spacial score (nSPS) is 10.9. The zero-order valence-corrected chi connectivity index (χ0v) is 9.46. The molecule has 4 heteroatoms. The van der Waals surface area contributed by atoms with Gasteiger partial charge in [0.25, 0.3) is 5.69 Å². The van der Waals surface area contributed by atoms with Gasteiger partial charge in [-0.15, -0.1) is 0 Å². The first-order valence-electron chi connectivity index (χ1n) is 5.53. The third-order valence-electron chi connectivity index (χ3n) is 3.13. The quantitative estimate of drug-likeness (QED) is 0.280. The number of fused-ring (bicyclic) bond motifs is 3. The van der Waals surface area contributed by atoms with Crippen molar-refractivity contribution in [2.24, 2.45) is 0 Å². The molecule has 84 valence electrons. The van der Waals surface area contributed by atoms with Crippen LogP contribution in [0.1, 0.15) is 0 Å². The summed E-state index contributed by atoms with van der Waals surface area (Å²) in [5, 5.41) is 14.3. The zero-order valence-electron chi connectivity index (χ0n) is 9.46. The lowest BCUT2D eigenvalue weighted by molar-refractivity contribution is -0.381. The minimum atomic E-state index is -0.413. The van der Waals surface area contributed by atoms with Crippen LogP contribution in [0.25, 0.3) is 21.5 Å². The highest BCUT2D eigenvalue weighted by Gasteiger charge is 2.18. The molecule has 0 amide bonds. The SMILES string of the molecule is [B]c1c([N+](=O)[O-])c2ccccc2c2ccccc12.